The van der Waals surface area contributed by atoms with Crippen molar-refractivity contribution in [2.45, 2.75) is 44.7 Å². The summed E-state index contributed by atoms with van der Waals surface area (Å²) in [6.45, 7) is 3.09. The van der Waals surface area contributed by atoms with Gasteiger partial charge >= 0.3 is 0 Å². The third-order valence-electron chi connectivity index (χ3n) is 3.31. The van der Waals surface area contributed by atoms with Gasteiger partial charge in [0.15, 0.2) is 5.78 Å². The maximum atomic E-state index is 11.7. The van der Waals surface area contributed by atoms with E-state index in [1.165, 1.54) is 12.8 Å². The van der Waals surface area contributed by atoms with Crippen LogP contribution < -0.4 is 5.32 Å². The van der Waals surface area contributed by atoms with Crippen molar-refractivity contribution in [3.63, 3.8) is 0 Å². The summed E-state index contributed by atoms with van der Waals surface area (Å²) < 4.78 is 5.29. The molecule has 1 N–H and O–H groups in total. The van der Waals surface area contributed by atoms with E-state index in [-0.39, 0.29) is 5.92 Å². The smallest absolute Gasteiger partial charge is 0.163 e. The number of ketones is 1. The van der Waals surface area contributed by atoms with Gasteiger partial charge in [0, 0.05) is 24.6 Å². The van der Waals surface area contributed by atoms with Crippen LogP contribution in [0.1, 0.15) is 32.6 Å². The molecule has 3 nitrogen and oxygen atoms in total. The highest BCUT2D eigenvalue weighted by atomic mass is 16.5. The molecule has 2 fully saturated rings. The van der Waals surface area contributed by atoms with E-state index in [4.69, 9.17) is 4.74 Å². The number of nitrogens with one attached hydrogen (secondary N) is 1. The van der Waals surface area contributed by atoms with Crippen molar-refractivity contribution in [2.75, 3.05) is 13.2 Å². The predicted molar refractivity (Wildman–Crippen MR) is 54.2 cm³/mol. The van der Waals surface area contributed by atoms with Crippen LogP contribution in [0.2, 0.25) is 0 Å². The average Bonchev–Trinajstić information content (AvgIpc) is 2.79. The highest BCUT2D eigenvalue weighted by Crippen LogP contribution is 2.33. The third kappa shape index (κ3) is 1.98. The molecule has 0 amide bonds. The first kappa shape index (κ1) is 10.1. The van der Waals surface area contributed by atoms with Crippen LogP contribution in [0.25, 0.3) is 0 Å². The van der Waals surface area contributed by atoms with Gasteiger partial charge in [-0.1, -0.05) is 6.92 Å². The van der Waals surface area contributed by atoms with Gasteiger partial charge in [-0.25, -0.2) is 0 Å². The number of hydrogen-bond acceptors (Lipinski definition) is 3. The first-order valence-corrected chi connectivity index (χ1v) is 5.67. The summed E-state index contributed by atoms with van der Waals surface area (Å²) in [5, 5.41) is 3.47. The maximum absolute atomic E-state index is 11.7. The minimum atomic E-state index is 0.241. The zero-order valence-electron chi connectivity index (χ0n) is 8.79. The lowest BCUT2D eigenvalue weighted by Crippen LogP contribution is -2.31. The van der Waals surface area contributed by atoms with Gasteiger partial charge in [0.1, 0.15) is 6.61 Å². The molecule has 2 rings (SSSR count). The van der Waals surface area contributed by atoms with Crippen LogP contribution in [0.4, 0.5) is 0 Å². The molecule has 2 bridgehead atoms. The zero-order valence-corrected chi connectivity index (χ0v) is 8.79. The molecule has 3 unspecified atom stereocenters. The van der Waals surface area contributed by atoms with Crippen molar-refractivity contribution >= 4 is 5.78 Å². The molecule has 80 valence electrons. The minimum Gasteiger partial charge on any atom is -0.374 e. The predicted octanol–water partition coefficient (Wildman–Crippen LogP) is 1.12. The van der Waals surface area contributed by atoms with Crippen molar-refractivity contribution in [3.05, 3.63) is 0 Å². The molecule has 0 aliphatic carbocycles. The molecular weight excluding hydrogens is 178 g/mol. The van der Waals surface area contributed by atoms with Gasteiger partial charge in [-0.15, -0.1) is 0 Å². The summed E-state index contributed by atoms with van der Waals surface area (Å²) in [5.74, 6) is 0.545. The molecule has 0 aromatic carbocycles. The monoisotopic (exact) mass is 197 g/mol. The molecule has 3 heteroatoms. The Morgan fingerprint density at radius 1 is 1.50 bits per heavy atom. The molecule has 0 aromatic heterocycles. The standard InChI is InChI=1S/C11H19NO2/c1-2-5-14-7-11(13)9-6-8-3-4-10(9)12-8/h8-10,12H,2-7H2,1H3. The van der Waals surface area contributed by atoms with Crippen LogP contribution in [0.15, 0.2) is 0 Å². The number of fused-ring (bicyclic) bond motifs is 2. The van der Waals surface area contributed by atoms with E-state index in [1.54, 1.807) is 0 Å². The number of carbonyl (C=O) groups excluding carboxylic acids is 1. The molecule has 2 heterocycles. The highest BCUT2D eigenvalue weighted by Gasteiger charge is 2.42. The van der Waals surface area contributed by atoms with E-state index < -0.39 is 0 Å². The summed E-state index contributed by atoms with van der Waals surface area (Å²) in [5.41, 5.74) is 0. The summed E-state index contributed by atoms with van der Waals surface area (Å²) in [4.78, 5) is 11.7. The Morgan fingerprint density at radius 3 is 2.93 bits per heavy atom. The largest absolute Gasteiger partial charge is 0.374 e. The third-order valence-corrected chi connectivity index (χ3v) is 3.31. The first-order chi connectivity index (χ1) is 6.81. The Balaban J connectivity index is 1.75. The molecule has 3 atom stereocenters. The maximum Gasteiger partial charge on any atom is 0.163 e. The topological polar surface area (TPSA) is 38.3 Å². The number of rotatable bonds is 5. The Bertz CT molecular complexity index is 217. The Labute approximate surface area is 85.2 Å². The van der Waals surface area contributed by atoms with Crippen LogP contribution in [-0.2, 0) is 9.53 Å². The fourth-order valence-electron chi connectivity index (χ4n) is 2.60. The second-order valence-electron chi connectivity index (χ2n) is 4.41. The second-order valence-corrected chi connectivity index (χ2v) is 4.41. The van der Waals surface area contributed by atoms with Gasteiger partial charge in [-0.05, 0) is 25.7 Å². The number of Topliss-reactive ketones (excluding diaryl/α,β-unsaturated/α-hetero) is 1. The zero-order chi connectivity index (χ0) is 9.97. The summed E-state index contributed by atoms with van der Waals surface area (Å²) in [7, 11) is 0. The Hall–Kier alpha value is -0.410. The van der Waals surface area contributed by atoms with Crippen molar-refractivity contribution in [3.8, 4) is 0 Å². The molecule has 0 radical (unpaired) electrons. The lowest BCUT2D eigenvalue weighted by Gasteiger charge is -2.18. The van der Waals surface area contributed by atoms with Gasteiger partial charge in [0.25, 0.3) is 0 Å². The minimum absolute atomic E-state index is 0.241. The van der Waals surface area contributed by atoms with Crippen LogP contribution in [-0.4, -0.2) is 31.1 Å². The molecule has 14 heavy (non-hydrogen) atoms. The van der Waals surface area contributed by atoms with Gasteiger partial charge in [0.2, 0.25) is 0 Å². The van der Waals surface area contributed by atoms with Gasteiger partial charge < -0.3 is 10.1 Å². The van der Waals surface area contributed by atoms with Crippen molar-refractivity contribution < 1.29 is 9.53 Å². The van der Waals surface area contributed by atoms with E-state index in [2.05, 4.69) is 12.2 Å². The first-order valence-electron chi connectivity index (χ1n) is 5.67. The Morgan fingerprint density at radius 2 is 2.36 bits per heavy atom. The van der Waals surface area contributed by atoms with E-state index in [0.717, 1.165) is 12.8 Å². The lowest BCUT2D eigenvalue weighted by atomic mass is 9.86. The van der Waals surface area contributed by atoms with Crippen LogP contribution in [0, 0.1) is 5.92 Å². The number of carbonyl (C=O) groups is 1. The Kier molecular flexibility index (Phi) is 3.19. The summed E-state index contributed by atoms with van der Waals surface area (Å²) in [6.07, 6.45) is 4.46. The molecule has 2 aliphatic rings. The number of ether oxygens (including phenoxy) is 1. The highest BCUT2D eigenvalue weighted by molar-refractivity contribution is 5.83. The summed E-state index contributed by atoms with van der Waals surface area (Å²) in [6, 6.07) is 1.07. The summed E-state index contributed by atoms with van der Waals surface area (Å²) >= 11 is 0. The van der Waals surface area contributed by atoms with Gasteiger partial charge in [-0.2, -0.15) is 0 Å². The van der Waals surface area contributed by atoms with Crippen molar-refractivity contribution in [1.29, 1.82) is 0 Å². The fraction of sp³-hybridized carbons (Fsp3) is 0.909. The van der Waals surface area contributed by atoms with E-state index in [1.807, 2.05) is 0 Å². The molecular formula is C11H19NO2. The van der Waals surface area contributed by atoms with Crippen molar-refractivity contribution in [1.82, 2.24) is 5.32 Å². The normalized spacial score (nSPS) is 35.1. The van der Waals surface area contributed by atoms with Crippen molar-refractivity contribution in [2.24, 2.45) is 5.92 Å². The fourth-order valence-corrected chi connectivity index (χ4v) is 2.60. The van der Waals surface area contributed by atoms with E-state index in [0.29, 0.717) is 31.1 Å². The second kappa shape index (κ2) is 4.41. The number of hydrogen-bond donors (Lipinski definition) is 1. The van der Waals surface area contributed by atoms with E-state index in [9.17, 15) is 4.79 Å². The molecule has 2 aliphatic heterocycles. The molecule has 2 saturated heterocycles. The SMILES string of the molecule is CCCOCC(=O)C1CC2CCC1N2. The van der Waals surface area contributed by atoms with E-state index >= 15 is 0 Å². The van der Waals surface area contributed by atoms with Gasteiger partial charge in [0.05, 0.1) is 0 Å². The average molecular weight is 197 g/mol. The molecule has 0 saturated carbocycles. The molecule has 0 spiro atoms. The molecule has 0 aromatic rings. The lowest BCUT2D eigenvalue weighted by molar-refractivity contribution is -0.128. The quantitative estimate of drug-likeness (QED) is 0.671. The van der Waals surface area contributed by atoms with Crippen LogP contribution in [0.5, 0.6) is 0 Å². The van der Waals surface area contributed by atoms with Crippen LogP contribution >= 0.6 is 0 Å². The van der Waals surface area contributed by atoms with Crippen LogP contribution in [0.3, 0.4) is 0 Å². The van der Waals surface area contributed by atoms with Gasteiger partial charge in [-0.3, -0.25) is 4.79 Å².